The summed E-state index contributed by atoms with van der Waals surface area (Å²) in [7, 11) is 0. The second-order valence-corrected chi connectivity index (χ2v) is 2.58. The Morgan fingerprint density at radius 3 is 2.50 bits per heavy atom. The van der Waals surface area contributed by atoms with Gasteiger partial charge < -0.3 is 9.84 Å². The summed E-state index contributed by atoms with van der Waals surface area (Å²) in [6.45, 7) is 5.57. The second-order valence-electron chi connectivity index (χ2n) is 2.58. The second kappa shape index (κ2) is 5.19. The zero-order valence-corrected chi connectivity index (χ0v) is 7.53. The molecule has 0 bridgehead atoms. The summed E-state index contributed by atoms with van der Waals surface area (Å²) in [6.07, 6.45) is 1.81. The summed E-state index contributed by atoms with van der Waals surface area (Å²) in [5, 5.41) is 17.2. The number of hydrogen-bond acceptors (Lipinski definition) is 3. The van der Waals surface area contributed by atoms with E-state index >= 15 is 0 Å². The number of allylic oxidation sites excluding steroid dienone is 2. The standard InChI is InChI=1S/C8H12N2O2/c1-6(2)4-5-12-8(11)7(3)10-9/h4H,5H2,1-3H3/p+1. The molecule has 0 amide bonds. The first-order chi connectivity index (χ1) is 5.57. The largest absolute Gasteiger partial charge is 0.475 e. The fourth-order valence-electron chi connectivity index (χ4n) is 0.434. The van der Waals surface area contributed by atoms with E-state index < -0.39 is 0 Å². The lowest BCUT2D eigenvalue weighted by Crippen LogP contribution is -1.93. The van der Waals surface area contributed by atoms with Crippen LogP contribution >= 0.6 is 0 Å². The van der Waals surface area contributed by atoms with Gasteiger partial charge in [0, 0.05) is 0 Å². The van der Waals surface area contributed by atoms with E-state index in [1.54, 1.807) is 6.08 Å². The molecule has 1 N–H and O–H groups in total. The van der Waals surface area contributed by atoms with Gasteiger partial charge in [-0.1, -0.05) is 5.57 Å². The van der Waals surface area contributed by atoms with Crippen molar-refractivity contribution in [3.8, 4) is 0 Å². The van der Waals surface area contributed by atoms with Crippen molar-refractivity contribution in [2.24, 2.45) is 0 Å². The number of nitrogens with zero attached hydrogens (tertiary/aromatic N) is 2. The summed E-state index contributed by atoms with van der Waals surface area (Å²) >= 11 is 0. The van der Waals surface area contributed by atoms with Crippen LogP contribution < -0.4 is 0 Å². The van der Waals surface area contributed by atoms with Crippen molar-refractivity contribution in [1.29, 1.82) is 5.39 Å². The Bertz CT molecular complexity index is 244. The number of aliphatic hydroxyl groups excluding tert-OH is 1. The summed E-state index contributed by atoms with van der Waals surface area (Å²) in [6, 6.07) is 0. The van der Waals surface area contributed by atoms with E-state index in [9.17, 15) is 0 Å². The molecule has 4 heteroatoms. The molecular weight excluding hydrogens is 156 g/mol. The smallest absolute Gasteiger partial charge is 0.437 e. The van der Waals surface area contributed by atoms with Crippen LogP contribution in [0, 0.1) is 5.39 Å². The van der Waals surface area contributed by atoms with E-state index in [2.05, 4.69) is 4.98 Å². The first kappa shape index (κ1) is 10.5. The molecule has 0 aromatic heterocycles. The highest BCUT2D eigenvalue weighted by Crippen LogP contribution is 2.03. The van der Waals surface area contributed by atoms with Crippen LogP contribution in [-0.4, -0.2) is 11.7 Å². The highest BCUT2D eigenvalue weighted by Gasteiger charge is 2.11. The van der Waals surface area contributed by atoms with Crippen molar-refractivity contribution < 1.29 is 9.84 Å². The molecule has 0 rings (SSSR count). The average Bonchev–Trinajstić information content (AvgIpc) is 2.02. The third-order valence-corrected chi connectivity index (χ3v) is 1.17. The van der Waals surface area contributed by atoms with Crippen molar-refractivity contribution in [1.82, 2.24) is 0 Å². The monoisotopic (exact) mass is 169 g/mol. The Hall–Kier alpha value is -1.50. The highest BCUT2D eigenvalue weighted by molar-refractivity contribution is 5.05. The van der Waals surface area contributed by atoms with Crippen molar-refractivity contribution in [3.63, 3.8) is 0 Å². The van der Waals surface area contributed by atoms with Crippen molar-refractivity contribution in [3.05, 3.63) is 28.3 Å². The summed E-state index contributed by atoms with van der Waals surface area (Å²) in [5.41, 5.74) is 1.17. The normalized spacial score (nSPS) is 11.2. The molecule has 0 radical (unpaired) electrons. The van der Waals surface area contributed by atoms with Crippen LogP contribution in [0.15, 0.2) is 23.3 Å². The highest BCUT2D eigenvalue weighted by atomic mass is 16.6. The number of rotatable bonds is 3. The van der Waals surface area contributed by atoms with Crippen molar-refractivity contribution >= 4 is 0 Å². The number of aliphatic hydroxyl groups is 1. The lowest BCUT2D eigenvalue weighted by molar-refractivity contribution is 0.108. The average molecular weight is 169 g/mol. The van der Waals surface area contributed by atoms with Gasteiger partial charge >= 0.3 is 11.6 Å². The van der Waals surface area contributed by atoms with Crippen LogP contribution in [0.25, 0.3) is 4.98 Å². The van der Waals surface area contributed by atoms with E-state index in [1.807, 2.05) is 13.8 Å². The predicted octanol–water partition coefficient (Wildman–Crippen LogP) is 2.57. The molecule has 0 aliphatic rings. The minimum Gasteiger partial charge on any atom is -0.475 e. The third-order valence-electron chi connectivity index (χ3n) is 1.17. The van der Waals surface area contributed by atoms with Gasteiger partial charge in [0.15, 0.2) is 4.98 Å². The Morgan fingerprint density at radius 1 is 1.50 bits per heavy atom. The van der Waals surface area contributed by atoms with Gasteiger partial charge in [-0.2, -0.15) is 0 Å². The Labute approximate surface area is 71.8 Å². The van der Waals surface area contributed by atoms with E-state index in [1.165, 1.54) is 6.92 Å². The fraction of sp³-hybridized carbons (Fsp3) is 0.500. The first-order valence-electron chi connectivity index (χ1n) is 3.59. The molecule has 0 unspecified atom stereocenters. The molecule has 12 heavy (non-hydrogen) atoms. The van der Waals surface area contributed by atoms with E-state index in [0.29, 0.717) is 0 Å². The number of hydrogen-bond donors (Lipinski definition) is 1. The SMILES string of the molecule is CC(C)=CCOC(O)=C(C)[N+]#N. The summed E-state index contributed by atoms with van der Waals surface area (Å²) in [4.78, 5) is 2.77. The molecular formula is C8H13N2O2+. The zero-order valence-electron chi connectivity index (χ0n) is 7.53. The van der Waals surface area contributed by atoms with Crippen molar-refractivity contribution in [2.45, 2.75) is 20.8 Å². The topological polar surface area (TPSA) is 57.6 Å². The molecule has 0 aromatic rings. The van der Waals surface area contributed by atoms with Crippen LogP contribution in [-0.2, 0) is 4.74 Å². The van der Waals surface area contributed by atoms with Gasteiger partial charge in [0.1, 0.15) is 6.61 Å². The lowest BCUT2D eigenvalue weighted by Gasteiger charge is -1.97. The van der Waals surface area contributed by atoms with Gasteiger partial charge in [0.2, 0.25) is 5.39 Å². The Morgan fingerprint density at radius 2 is 2.08 bits per heavy atom. The Kier molecular flexibility index (Phi) is 4.54. The molecule has 0 aliphatic carbocycles. The third kappa shape index (κ3) is 4.34. The molecule has 0 fully saturated rings. The van der Waals surface area contributed by atoms with E-state index in [4.69, 9.17) is 15.2 Å². The molecule has 66 valence electrons. The lowest BCUT2D eigenvalue weighted by atomic mass is 10.3. The molecule has 0 heterocycles. The van der Waals surface area contributed by atoms with Gasteiger partial charge in [0.05, 0.1) is 6.92 Å². The minimum atomic E-state index is -0.352. The van der Waals surface area contributed by atoms with Gasteiger partial charge in [-0.05, 0) is 19.9 Å². The first-order valence-corrected chi connectivity index (χ1v) is 3.59. The van der Waals surface area contributed by atoms with Crippen molar-refractivity contribution in [2.75, 3.05) is 6.61 Å². The van der Waals surface area contributed by atoms with Gasteiger partial charge in [-0.15, -0.1) is 0 Å². The minimum absolute atomic E-state index is 0.0668. The number of diazo groups is 1. The maximum atomic E-state index is 9.00. The molecule has 0 atom stereocenters. The predicted molar refractivity (Wildman–Crippen MR) is 45.8 cm³/mol. The summed E-state index contributed by atoms with van der Waals surface area (Å²) < 4.78 is 4.81. The van der Waals surface area contributed by atoms with Crippen LogP contribution in [0.3, 0.4) is 0 Å². The molecule has 0 saturated carbocycles. The number of ether oxygens (including phenoxy) is 1. The van der Waals surface area contributed by atoms with Gasteiger partial charge in [0.25, 0.3) is 0 Å². The summed E-state index contributed by atoms with van der Waals surface area (Å²) in [5.74, 6) is -0.352. The van der Waals surface area contributed by atoms with Crippen LogP contribution in [0.4, 0.5) is 0 Å². The molecule has 0 saturated heterocycles. The zero-order chi connectivity index (χ0) is 9.56. The molecule has 0 aliphatic heterocycles. The van der Waals surface area contributed by atoms with E-state index in [-0.39, 0.29) is 18.2 Å². The fourth-order valence-corrected chi connectivity index (χ4v) is 0.434. The van der Waals surface area contributed by atoms with Crippen LogP contribution in [0.5, 0.6) is 0 Å². The maximum Gasteiger partial charge on any atom is 0.437 e. The maximum absolute atomic E-state index is 9.00. The molecule has 0 aromatic carbocycles. The van der Waals surface area contributed by atoms with Gasteiger partial charge in [-0.25, -0.2) is 0 Å². The van der Waals surface area contributed by atoms with E-state index in [0.717, 1.165) is 5.57 Å². The quantitative estimate of drug-likeness (QED) is 0.401. The van der Waals surface area contributed by atoms with Gasteiger partial charge in [-0.3, -0.25) is 0 Å². The van der Waals surface area contributed by atoms with Crippen LogP contribution in [0.1, 0.15) is 20.8 Å². The molecule has 4 nitrogen and oxygen atoms in total. The van der Waals surface area contributed by atoms with Crippen LogP contribution in [0.2, 0.25) is 0 Å². The molecule has 0 spiro atoms. The Balaban J connectivity index is 3.97.